The van der Waals surface area contributed by atoms with Gasteiger partial charge in [-0.15, -0.1) is 0 Å². The van der Waals surface area contributed by atoms with Gasteiger partial charge in [0.25, 0.3) is 0 Å². The molecule has 0 amide bonds. The van der Waals surface area contributed by atoms with Crippen LogP contribution in [-0.2, 0) is 0 Å². The Morgan fingerprint density at radius 2 is 2.17 bits per heavy atom. The fraction of sp³-hybridized carbons (Fsp3) is 0.333. The summed E-state index contributed by atoms with van der Waals surface area (Å²) in [5.41, 5.74) is 0. The van der Waals surface area contributed by atoms with Crippen LogP contribution in [0.3, 0.4) is 0 Å². The molecule has 12 heavy (non-hydrogen) atoms. The minimum absolute atomic E-state index is 0.322. The average molecular weight is 231 g/mol. The van der Waals surface area contributed by atoms with Crippen molar-refractivity contribution in [3.8, 4) is 5.75 Å². The van der Waals surface area contributed by atoms with Crippen LogP contribution in [0.5, 0.6) is 5.75 Å². The Bertz CT molecular complexity index is 248. The Kier molecular flexibility index (Phi) is 3.56. The Balaban J connectivity index is 2.57. The topological polar surface area (TPSA) is 29.5 Å². The molecule has 0 aliphatic rings. The monoisotopic (exact) mass is 230 g/mol. The number of hydrogen-bond donors (Lipinski definition) is 1. The molecule has 0 fully saturated rings. The van der Waals surface area contributed by atoms with E-state index in [4.69, 9.17) is 9.84 Å². The number of aliphatic hydroxyl groups is 1. The molecule has 3 heteroatoms. The van der Waals surface area contributed by atoms with Gasteiger partial charge in [0, 0.05) is 0 Å². The van der Waals surface area contributed by atoms with Crippen LogP contribution in [0.25, 0.3) is 0 Å². The summed E-state index contributed by atoms with van der Waals surface area (Å²) in [6.07, 6.45) is -0.433. The lowest BCUT2D eigenvalue weighted by Gasteiger charge is -2.08. The van der Waals surface area contributed by atoms with Crippen molar-refractivity contribution >= 4 is 15.9 Å². The third-order valence-corrected chi connectivity index (χ3v) is 1.97. The lowest BCUT2D eigenvalue weighted by atomic mass is 10.3. The number of para-hydroxylation sites is 1. The van der Waals surface area contributed by atoms with Gasteiger partial charge >= 0.3 is 0 Å². The van der Waals surface area contributed by atoms with Gasteiger partial charge in [-0.3, -0.25) is 0 Å². The van der Waals surface area contributed by atoms with Gasteiger partial charge in [-0.1, -0.05) is 12.1 Å². The van der Waals surface area contributed by atoms with Gasteiger partial charge in [0.2, 0.25) is 0 Å². The van der Waals surface area contributed by atoms with E-state index >= 15 is 0 Å². The highest BCUT2D eigenvalue weighted by atomic mass is 79.9. The van der Waals surface area contributed by atoms with Crippen molar-refractivity contribution in [1.29, 1.82) is 0 Å². The van der Waals surface area contributed by atoms with Gasteiger partial charge in [0.15, 0.2) is 0 Å². The number of ether oxygens (including phenoxy) is 1. The molecule has 1 N–H and O–H groups in total. The summed E-state index contributed by atoms with van der Waals surface area (Å²) < 4.78 is 6.21. The van der Waals surface area contributed by atoms with Gasteiger partial charge in [-0.05, 0) is 35.0 Å². The van der Waals surface area contributed by atoms with Crippen LogP contribution in [0.1, 0.15) is 6.92 Å². The Labute approximate surface area is 80.3 Å². The molecule has 2 nitrogen and oxygen atoms in total. The summed E-state index contributed by atoms with van der Waals surface area (Å²) in [5, 5.41) is 8.96. The lowest BCUT2D eigenvalue weighted by Crippen LogP contribution is -2.12. The van der Waals surface area contributed by atoms with E-state index < -0.39 is 6.10 Å². The minimum Gasteiger partial charge on any atom is -0.490 e. The van der Waals surface area contributed by atoms with Gasteiger partial charge < -0.3 is 9.84 Å². The molecule has 1 atom stereocenters. The predicted molar refractivity (Wildman–Crippen MR) is 51.3 cm³/mol. The molecule has 1 unspecified atom stereocenters. The Morgan fingerprint density at radius 3 is 2.75 bits per heavy atom. The van der Waals surface area contributed by atoms with Crippen molar-refractivity contribution in [2.45, 2.75) is 13.0 Å². The number of rotatable bonds is 3. The van der Waals surface area contributed by atoms with E-state index in [2.05, 4.69) is 15.9 Å². The second-order valence-corrected chi connectivity index (χ2v) is 3.44. The van der Waals surface area contributed by atoms with Crippen molar-refractivity contribution in [1.82, 2.24) is 0 Å². The molecular formula is C9H11BrO2. The molecule has 1 aromatic rings. The Morgan fingerprint density at radius 1 is 1.50 bits per heavy atom. The fourth-order valence-electron chi connectivity index (χ4n) is 0.772. The first kappa shape index (κ1) is 9.55. The molecule has 0 radical (unpaired) electrons. The standard InChI is InChI=1S/C9H11BrO2/c1-7(11)6-12-9-5-3-2-4-8(9)10/h2-5,7,11H,6H2,1H3. The molecule has 66 valence electrons. The smallest absolute Gasteiger partial charge is 0.133 e. The fourth-order valence-corrected chi connectivity index (χ4v) is 1.17. The molecule has 0 saturated carbocycles. The van der Waals surface area contributed by atoms with E-state index in [1.54, 1.807) is 6.92 Å². The van der Waals surface area contributed by atoms with E-state index in [9.17, 15) is 0 Å². The molecule has 0 spiro atoms. The second kappa shape index (κ2) is 4.48. The second-order valence-electron chi connectivity index (χ2n) is 2.59. The van der Waals surface area contributed by atoms with E-state index in [0.717, 1.165) is 10.2 Å². The van der Waals surface area contributed by atoms with Crippen molar-refractivity contribution in [3.05, 3.63) is 28.7 Å². The van der Waals surface area contributed by atoms with Crippen LogP contribution >= 0.6 is 15.9 Å². The number of hydrogen-bond acceptors (Lipinski definition) is 2. The van der Waals surface area contributed by atoms with Gasteiger partial charge in [-0.2, -0.15) is 0 Å². The highest BCUT2D eigenvalue weighted by Crippen LogP contribution is 2.23. The lowest BCUT2D eigenvalue weighted by molar-refractivity contribution is 0.122. The van der Waals surface area contributed by atoms with E-state index in [0.29, 0.717) is 6.61 Å². The van der Waals surface area contributed by atoms with E-state index in [1.165, 1.54) is 0 Å². The first-order chi connectivity index (χ1) is 5.70. The van der Waals surface area contributed by atoms with Crippen LogP contribution in [0.4, 0.5) is 0 Å². The maximum atomic E-state index is 8.96. The number of halogens is 1. The third kappa shape index (κ3) is 2.83. The van der Waals surface area contributed by atoms with E-state index in [-0.39, 0.29) is 0 Å². The number of benzene rings is 1. The first-order valence-corrected chi connectivity index (χ1v) is 4.55. The van der Waals surface area contributed by atoms with Crippen molar-refractivity contribution in [2.24, 2.45) is 0 Å². The quantitative estimate of drug-likeness (QED) is 0.864. The molecule has 0 aromatic heterocycles. The molecule has 0 saturated heterocycles. The van der Waals surface area contributed by atoms with Gasteiger partial charge in [0.05, 0.1) is 10.6 Å². The summed E-state index contributed by atoms with van der Waals surface area (Å²) in [5.74, 6) is 0.762. The Hall–Kier alpha value is -0.540. The zero-order valence-corrected chi connectivity index (χ0v) is 8.41. The summed E-state index contributed by atoms with van der Waals surface area (Å²) in [4.78, 5) is 0. The average Bonchev–Trinajstić information content (AvgIpc) is 2.03. The highest BCUT2D eigenvalue weighted by Gasteiger charge is 2.00. The van der Waals surface area contributed by atoms with E-state index in [1.807, 2.05) is 24.3 Å². The van der Waals surface area contributed by atoms with Gasteiger partial charge in [0.1, 0.15) is 12.4 Å². The molecule has 0 aliphatic carbocycles. The van der Waals surface area contributed by atoms with Crippen LogP contribution in [0.2, 0.25) is 0 Å². The largest absolute Gasteiger partial charge is 0.490 e. The highest BCUT2D eigenvalue weighted by molar-refractivity contribution is 9.10. The van der Waals surface area contributed by atoms with Crippen molar-refractivity contribution < 1.29 is 9.84 Å². The predicted octanol–water partition coefficient (Wildman–Crippen LogP) is 2.21. The maximum Gasteiger partial charge on any atom is 0.133 e. The zero-order valence-electron chi connectivity index (χ0n) is 6.83. The summed E-state index contributed by atoms with van der Waals surface area (Å²) in [6, 6.07) is 7.56. The summed E-state index contributed by atoms with van der Waals surface area (Å²) >= 11 is 3.34. The first-order valence-electron chi connectivity index (χ1n) is 3.75. The maximum absolute atomic E-state index is 8.96. The van der Waals surface area contributed by atoms with Crippen molar-refractivity contribution in [2.75, 3.05) is 6.61 Å². The zero-order chi connectivity index (χ0) is 8.97. The van der Waals surface area contributed by atoms with Crippen molar-refractivity contribution in [3.63, 3.8) is 0 Å². The number of aliphatic hydroxyl groups excluding tert-OH is 1. The molecule has 1 aromatic carbocycles. The van der Waals surface area contributed by atoms with Gasteiger partial charge in [-0.25, -0.2) is 0 Å². The van der Waals surface area contributed by atoms with Crippen LogP contribution in [0.15, 0.2) is 28.7 Å². The summed E-state index contributed by atoms with van der Waals surface area (Å²) in [6.45, 7) is 2.01. The van der Waals surface area contributed by atoms with Crippen LogP contribution < -0.4 is 4.74 Å². The van der Waals surface area contributed by atoms with Crippen LogP contribution in [0, 0.1) is 0 Å². The minimum atomic E-state index is -0.433. The molecule has 0 heterocycles. The molecule has 1 rings (SSSR count). The summed E-state index contributed by atoms with van der Waals surface area (Å²) in [7, 11) is 0. The normalized spacial score (nSPS) is 12.6. The SMILES string of the molecule is CC(O)COc1ccccc1Br. The third-order valence-electron chi connectivity index (χ3n) is 1.32. The van der Waals surface area contributed by atoms with Crippen LogP contribution in [-0.4, -0.2) is 17.8 Å². The molecule has 0 bridgehead atoms. The molecular weight excluding hydrogens is 220 g/mol. The molecule has 0 aliphatic heterocycles.